The summed E-state index contributed by atoms with van der Waals surface area (Å²) in [4.78, 5) is 24.7. The van der Waals surface area contributed by atoms with E-state index < -0.39 is 24.1 Å². The number of nitrogens with one attached hydrogen (secondary N) is 2. The number of hydrogen-bond donors (Lipinski definition) is 4. The zero-order chi connectivity index (χ0) is 14.4. The van der Waals surface area contributed by atoms with Crippen LogP contribution in [0.1, 0.15) is 26.7 Å². The first-order valence-electron chi connectivity index (χ1n) is 6.60. The van der Waals surface area contributed by atoms with Crippen LogP contribution in [0.25, 0.3) is 0 Å². The summed E-state index contributed by atoms with van der Waals surface area (Å²) in [6.45, 7) is 6.03. The summed E-state index contributed by atoms with van der Waals surface area (Å²) in [5.41, 5.74) is 0. The molecule has 4 N–H and O–H groups in total. The van der Waals surface area contributed by atoms with Crippen molar-refractivity contribution < 1.29 is 19.8 Å². The van der Waals surface area contributed by atoms with Crippen LogP contribution >= 0.6 is 0 Å². The van der Waals surface area contributed by atoms with Crippen LogP contribution in [0.2, 0.25) is 0 Å². The zero-order valence-corrected chi connectivity index (χ0v) is 11.4. The number of hydrogen-bond acceptors (Lipinski definition) is 4. The van der Waals surface area contributed by atoms with Gasteiger partial charge in [0.05, 0.1) is 6.10 Å². The van der Waals surface area contributed by atoms with Gasteiger partial charge in [-0.25, -0.2) is 9.59 Å². The first-order valence-corrected chi connectivity index (χ1v) is 6.60. The molecule has 1 fully saturated rings. The maximum Gasteiger partial charge on any atom is 0.328 e. The largest absolute Gasteiger partial charge is 0.480 e. The molecule has 0 bridgehead atoms. The molecule has 1 saturated heterocycles. The summed E-state index contributed by atoms with van der Waals surface area (Å²) in [5, 5.41) is 23.0. The molecule has 0 aromatic rings. The van der Waals surface area contributed by atoms with Crippen molar-refractivity contribution in [2.45, 2.75) is 44.9 Å². The molecule has 0 spiro atoms. The van der Waals surface area contributed by atoms with Gasteiger partial charge >= 0.3 is 12.0 Å². The molecule has 19 heavy (non-hydrogen) atoms. The normalized spacial score (nSPS) is 20.6. The minimum atomic E-state index is -1.29. The van der Waals surface area contributed by atoms with E-state index in [0.29, 0.717) is 0 Å². The first-order chi connectivity index (χ1) is 8.90. The van der Waals surface area contributed by atoms with E-state index in [1.165, 1.54) is 19.8 Å². The predicted octanol–water partition coefficient (Wildman–Crippen LogP) is -0.396. The van der Waals surface area contributed by atoms with E-state index in [2.05, 4.69) is 15.5 Å². The maximum absolute atomic E-state index is 11.6. The number of urea groups is 1. The second-order valence-electron chi connectivity index (χ2n) is 5.08. The van der Waals surface area contributed by atoms with Gasteiger partial charge in [-0.2, -0.15) is 0 Å². The van der Waals surface area contributed by atoms with E-state index in [4.69, 9.17) is 5.11 Å². The number of nitrogens with zero attached hydrogens (tertiary/aromatic N) is 1. The summed E-state index contributed by atoms with van der Waals surface area (Å²) in [6.07, 6.45) is 1.22. The average Bonchev–Trinajstić information content (AvgIpc) is 2.77. The van der Waals surface area contributed by atoms with Gasteiger partial charge in [-0.1, -0.05) is 0 Å². The SMILES string of the molecule is CC(CN1CCCC1)NC(=O)N[C@H](C(=O)O)[C@@H](C)O. The van der Waals surface area contributed by atoms with Gasteiger partial charge in [0.15, 0.2) is 6.04 Å². The molecule has 3 atom stereocenters. The maximum atomic E-state index is 11.6. The number of carboxylic acid groups (broad SMARTS) is 1. The molecule has 110 valence electrons. The Kier molecular flexibility index (Phi) is 6.04. The quantitative estimate of drug-likeness (QED) is 0.527. The smallest absolute Gasteiger partial charge is 0.328 e. The molecular formula is C12H23N3O4. The second-order valence-corrected chi connectivity index (χ2v) is 5.08. The van der Waals surface area contributed by atoms with Crippen LogP contribution < -0.4 is 10.6 Å². The van der Waals surface area contributed by atoms with Crippen molar-refractivity contribution in [3.05, 3.63) is 0 Å². The van der Waals surface area contributed by atoms with Gasteiger partial charge in [0.1, 0.15) is 0 Å². The van der Waals surface area contributed by atoms with Crippen molar-refractivity contribution in [3.63, 3.8) is 0 Å². The van der Waals surface area contributed by atoms with Gasteiger partial charge in [0.2, 0.25) is 0 Å². The fourth-order valence-corrected chi connectivity index (χ4v) is 2.19. The highest BCUT2D eigenvalue weighted by molar-refractivity contribution is 5.83. The second kappa shape index (κ2) is 7.30. The third kappa shape index (κ3) is 5.44. The Morgan fingerprint density at radius 3 is 2.26 bits per heavy atom. The number of carbonyl (C=O) groups excluding carboxylic acids is 1. The van der Waals surface area contributed by atoms with E-state index in [-0.39, 0.29) is 6.04 Å². The van der Waals surface area contributed by atoms with Gasteiger partial charge in [0.25, 0.3) is 0 Å². The van der Waals surface area contributed by atoms with Crippen molar-refractivity contribution in [1.29, 1.82) is 0 Å². The summed E-state index contributed by atoms with van der Waals surface area (Å²) in [7, 11) is 0. The monoisotopic (exact) mass is 273 g/mol. The fourth-order valence-electron chi connectivity index (χ4n) is 2.19. The molecule has 1 rings (SSSR count). The average molecular weight is 273 g/mol. The molecule has 1 aliphatic rings. The number of aliphatic carboxylic acids is 1. The number of rotatable bonds is 6. The zero-order valence-electron chi connectivity index (χ0n) is 11.4. The van der Waals surface area contributed by atoms with Gasteiger partial charge in [-0.3, -0.25) is 0 Å². The molecule has 0 aromatic heterocycles. The number of aliphatic hydroxyl groups is 1. The van der Waals surface area contributed by atoms with Crippen LogP contribution in [0.4, 0.5) is 4.79 Å². The summed E-state index contributed by atoms with van der Waals surface area (Å²) < 4.78 is 0. The minimum absolute atomic E-state index is 0.0680. The molecule has 0 radical (unpaired) electrons. The fraction of sp³-hybridized carbons (Fsp3) is 0.833. The standard InChI is InChI=1S/C12H23N3O4/c1-8(7-15-5-3-4-6-15)13-12(19)14-10(9(2)16)11(17)18/h8-10,16H,3-7H2,1-2H3,(H,17,18)(H2,13,14,19)/t8?,9-,10+/m1/s1. The van der Waals surface area contributed by atoms with Crippen LogP contribution in [0.5, 0.6) is 0 Å². The number of carbonyl (C=O) groups is 2. The Balaban J connectivity index is 2.34. The molecule has 1 unspecified atom stereocenters. The van der Waals surface area contributed by atoms with Crippen LogP contribution in [-0.4, -0.2) is 64.9 Å². The summed E-state index contributed by atoms with van der Waals surface area (Å²) >= 11 is 0. The Morgan fingerprint density at radius 1 is 1.21 bits per heavy atom. The van der Waals surface area contributed by atoms with E-state index in [1.54, 1.807) is 0 Å². The molecule has 0 saturated carbocycles. The third-order valence-electron chi connectivity index (χ3n) is 3.14. The summed E-state index contributed by atoms with van der Waals surface area (Å²) in [6, 6.07) is -1.93. The molecule has 1 aliphatic heterocycles. The first kappa shape index (κ1) is 15.7. The molecule has 0 aromatic carbocycles. The van der Waals surface area contributed by atoms with Gasteiger partial charge in [0, 0.05) is 12.6 Å². The van der Waals surface area contributed by atoms with Crippen molar-refractivity contribution in [3.8, 4) is 0 Å². The van der Waals surface area contributed by atoms with Gasteiger partial charge in [-0.15, -0.1) is 0 Å². The van der Waals surface area contributed by atoms with Crippen LogP contribution in [0.15, 0.2) is 0 Å². The number of aliphatic hydroxyl groups excluding tert-OH is 1. The van der Waals surface area contributed by atoms with E-state index in [1.807, 2.05) is 6.92 Å². The van der Waals surface area contributed by atoms with Crippen molar-refractivity contribution in [1.82, 2.24) is 15.5 Å². The number of amides is 2. The molecule has 2 amide bonds. The Hall–Kier alpha value is -1.34. The topological polar surface area (TPSA) is 102 Å². The molecule has 1 heterocycles. The van der Waals surface area contributed by atoms with Crippen LogP contribution in [-0.2, 0) is 4.79 Å². The van der Waals surface area contributed by atoms with Crippen LogP contribution in [0.3, 0.4) is 0 Å². The van der Waals surface area contributed by atoms with E-state index in [9.17, 15) is 14.7 Å². The van der Waals surface area contributed by atoms with Crippen LogP contribution in [0, 0.1) is 0 Å². The highest BCUT2D eigenvalue weighted by Gasteiger charge is 2.25. The minimum Gasteiger partial charge on any atom is -0.480 e. The number of likely N-dealkylation sites (tertiary alicyclic amines) is 1. The Bertz CT molecular complexity index is 316. The molecule has 7 heteroatoms. The van der Waals surface area contributed by atoms with Crippen molar-refractivity contribution >= 4 is 12.0 Å². The molecular weight excluding hydrogens is 250 g/mol. The molecule has 7 nitrogen and oxygen atoms in total. The van der Waals surface area contributed by atoms with E-state index in [0.717, 1.165) is 19.6 Å². The predicted molar refractivity (Wildman–Crippen MR) is 69.9 cm³/mol. The lowest BCUT2D eigenvalue weighted by Crippen LogP contribution is -2.53. The third-order valence-corrected chi connectivity index (χ3v) is 3.14. The van der Waals surface area contributed by atoms with Gasteiger partial charge in [-0.05, 0) is 39.8 Å². The Labute approximate surface area is 113 Å². The molecule has 0 aliphatic carbocycles. The highest BCUT2D eigenvalue weighted by atomic mass is 16.4. The van der Waals surface area contributed by atoms with Crippen molar-refractivity contribution in [2.75, 3.05) is 19.6 Å². The highest BCUT2D eigenvalue weighted by Crippen LogP contribution is 2.07. The lowest BCUT2D eigenvalue weighted by molar-refractivity contribution is -0.141. The Morgan fingerprint density at radius 2 is 1.79 bits per heavy atom. The lowest BCUT2D eigenvalue weighted by atomic mass is 10.2. The lowest BCUT2D eigenvalue weighted by Gasteiger charge is -2.23. The van der Waals surface area contributed by atoms with E-state index >= 15 is 0 Å². The van der Waals surface area contributed by atoms with Gasteiger partial charge < -0.3 is 25.7 Å². The van der Waals surface area contributed by atoms with Crippen molar-refractivity contribution in [2.24, 2.45) is 0 Å². The summed E-state index contributed by atoms with van der Waals surface area (Å²) in [5.74, 6) is -1.25. The number of carboxylic acids is 1.